The Morgan fingerprint density at radius 2 is 1.87 bits per heavy atom. The van der Waals surface area contributed by atoms with Crippen LogP contribution < -0.4 is 5.06 Å². The van der Waals surface area contributed by atoms with E-state index in [1.54, 1.807) is 27.7 Å². The third-order valence-corrected chi connectivity index (χ3v) is 2.21. The molecule has 1 aromatic rings. The molecule has 1 heterocycles. The minimum Gasteiger partial charge on any atom is -0.461 e. The van der Waals surface area contributed by atoms with Crippen molar-refractivity contribution in [2.75, 3.05) is 11.7 Å². The molecule has 0 aromatic carbocycles. The van der Waals surface area contributed by atoms with Gasteiger partial charge in [-0.3, -0.25) is 0 Å². The molecule has 0 unspecified atom stereocenters. The fraction of sp³-hybridized carbons (Fsp3) is 0.467. The summed E-state index contributed by atoms with van der Waals surface area (Å²) in [7, 11) is 0. The Hall–Kier alpha value is -2.64. The molecule has 23 heavy (non-hydrogen) atoms. The van der Waals surface area contributed by atoms with Crippen molar-refractivity contribution in [3.8, 4) is 0 Å². The lowest BCUT2D eigenvalue weighted by molar-refractivity contribution is -0.142. The molecule has 0 aliphatic rings. The Balaban J connectivity index is 3.12. The van der Waals surface area contributed by atoms with Crippen molar-refractivity contribution in [3.05, 3.63) is 23.9 Å². The maximum absolute atomic E-state index is 12.2. The van der Waals surface area contributed by atoms with Gasteiger partial charge in [0.15, 0.2) is 11.5 Å². The first-order valence-electron chi connectivity index (χ1n) is 7.00. The van der Waals surface area contributed by atoms with Gasteiger partial charge >= 0.3 is 18.0 Å². The van der Waals surface area contributed by atoms with Crippen LogP contribution in [0.2, 0.25) is 0 Å². The smallest absolute Gasteiger partial charge is 0.450 e. The van der Waals surface area contributed by atoms with Crippen LogP contribution in [0.25, 0.3) is 0 Å². The number of hydroxylamine groups is 1. The molecule has 0 saturated carbocycles. The van der Waals surface area contributed by atoms with Crippen LogP contribution in [0.5, 0.6) is 0 Å². The van der Waals surface area contributed by atoms with Crippen LogP contribution in [0.4, 0.5) is 10.6 Å². The van der Waals surface area contributed by atoms with Crippen LogP contribution in [0.15, 0.2) is 18.2 Å². The number of anilines is 1. The zero-order chi connectivity index (χ0) is 17.6. The molecule has 8 heteroatoms. The number of amides is 1. The van der Waals surface area contributed by atoms with Gasteiger partial charge in [0.1, 0.15) is 5.60 Å². The highest BCUT2D eigenvalue weighted by molar-refractivity contribution is 5.90. The first kappa shape index (κ1) is 18.4. The molecule has 0 fully saturated rings. The van der Waals surface area contributed by atoms with E-state index in [-0.39, 0.29) is 18.1 Å². The molecule has 0 saturated heterocycles. The van der Waals surface area contributed by atoms with Gasteiger partial charge in [-0.05, 0) is 39.8 Å². The van der Waals surface area contributed by atoms with Gasteiger partial charge < -0.3 is 14.3 Å². The number of esters is 1. The van der Waals surface area contributed by atoms with Crippen LogP contribution >= 0.6 is 0 Å². The zero-order valence-electron chi connectivity index (χ0n) is 13.8. The molecular formula is C15H20N2O6. The van der Waals surface area contributed by atoms with Crippen LogP contribution in [-0.4, -0.2) is 35.2 Å². The summed E-state index contributed by atoms with van der Waals surface area (Å²) in [4.78, 5) is 43.9. The summed E-state index contributed by atoms with van der Waals surface area (Å²) < 4.78 is 10.00. The Kier molecular flexibility index (Phi) is 6.06. The number of hydrogen-bond donors (Lipinski definition) is 0. The van der Waals surface area contributed by atoms with Crippen molar-refractivity contribution in [1.82, 2.24) is 4.98 Å². The molecule has 0 aliphatic heterocycles. The highest BCUT2D eigenvalue weighted by Crippen LogP contribution is 2.17. The highest BCUT2D eigenvalue weighted by atomic mass is 16.8. The van der Waals surface area contributed by atoms with Gasteiger partial charge in [-0.15, -0.1) is 0 Å². The largest absolute Gasteiger partial charge is 0.461 e. The van der Waals surface area contributed by atoms with Gasteiger partial charge in [0.25, 0.3) is 0 Å². The van der Waals surface area contributed by atoms with Gasteiger partial charge in [-0.1, -0.05) is 11.1 Å². The fourth-order valence-corrected chi connectivity index (χ4v) is 1.46. The predicted molar refractivity (Wildman–Crippen MR) is 80.7 cm³/mol. The number of carbonyl (C=O) groups is 3. The monoisotopic (exact) mass is 324 g/mol. The second-order valence-corrected chi connectivity index (χ2v) is 5.46. The fourth-order valence-electron chi connectivity index (χ4n) is 1.46. The van der Waals surface area contributed by atoms with E-state index in [1.165, 1.54) is 18.2 Å². The summed E-state index contributed by atoms with van der Waals surface area (Å²) in [5.74, 6) is -1.46. The molecule has 0 atom stereocenters. The normalized spacial score (nSPS) is 10.7. The van der Waals surface area contributed by atoms with E-state index in [4.69, 9.17) is 14.3 Å². The first-order chi connectivity index (χ1) is 10.6. The van der Waals surface area contributed by atoms with Crippen molar-refractivity contribution in [3.63, 3.8) is 0 Å². The lowest BCUT2D eigenvalue weighted by atomic mass is 10.2. The van der Waals surface area contributed by atoms with E-state index in [0.29, 0.717) is 5.06 Å². The average Bonchev–Trinajstić information content (AvgIpc) is 2.43. The van der Waals surface area contributed by atoms with Crippen LogP contribution in [0.3, 0.4) is 0 Å². The van der Waals surface area contributed by atoms with E-state index < -0.39 is 23.6 Å². The number of aromatic nitrogens is 1. The van der Waals surface area contributed by atoms with E-state index in [9.17, 15) is 14.4 Å². The summed E-state index contributed by atoms with van der Waals surface area (Å²) in [6.07, 6.45) is -0.929. The minimum absolute atomic E-state index is 0.0231. The number of carbonyl (C=O) groups excluding carboxylic acids is 3. The number of ether oxygens (including phenoxy) is 2. The maximum Gasteiger partial charge on any atom is 0.450 e. The number of rotatable bonds is 3. The molecule has 1 rings (SSSR count). The summed E-state index contributed by atoms with van der Waals surface area (Å²) >= 11 is 0. The van der Waals surface area contributed by atoms with Gasteiger partial charge in [-0.25, -0.2) is 19.4 Å². The van der Waals surface area contributed by atoms with Gasteiger partial charge in [0.05, 0.1) is 6.61 Å². The van der Waals surface area contributed by atoms with Crippen molar-refractivity contribution in [2.45, 2.75) is 40.2 Å². The van der Waals surface area contributed by atoms with Crippen molar-refractivity contribution >= 4 is 23.8 Å². The number of pyridine rings is 1. The lowest BCUT2D eigenvalue weighted by Gasteiger charge is -2.25. The zero-order valence-corrected chi connectivity index (χ0v) is 13.8. The van der Waals surface area contributed by atoms with E-state index in [0.717, 1.165) is 6.92 Å². The first-order valence-corrected chi connectivity index (χ1v) is 7.00. The lowest BCUT2D eigenvalue weighted by Crippen LogP contribution is -2.38. The van der Waals surface area contributed by atoms with Gasteiger partial charge in [0.2, 0.25) is 0 Å². The standard InChI is InChI=1S/C15H20N2O6/c1-6-21-13(19)11-8-7-9-12(16-11)17(23-10(2)18)14(20)22-15(3,4)5/h7-9H,6H2,1-5H3. The van der Waals surface area contributed by atoms with Crippen LogP contribution in [0.1, 0.15) is 45.1 Å². The maximum atomic E-state index is 12.2. The Morgan fingerprint density at radius 3 is 2.39 bits per heavy atom. The summed E-state index contributed by atoms with van der Waals surface area (Å²) in [5.41, 5.74) is -0.820. The molecule has 8 nitrogen and oxygen atoms in total. The molecule has 0 N–H and O–H groups in total. The molecule has 1 aromatic heterocycles. The molecule has 0 spiro atoms. The van der Waals surface area contributed by atoms with Gasteiger partial charge in [0, 0.05) is 6.92 Å². The van der Waals surface area contributed by atoms with Crippen molar-refractivity contribution < 1.29 is 28.7 Å². The molecule has 0 radical (unpaired) electrons. The van der Waals surface area contributed by atoms with Crippen molar-refractivity contribution in [1.29, 1.82) is 0 Å². The molecule has 0 bridgehead atoms. The predicted octanol–water partition coefficient (Wildman–Crippen LogP) is 2.48. The molecular weight excluding hydrogens is 304 g/mol. The van der Waals surface area contributed by atoms with Crippen LogP contribution in [-0.2, 0) is 19.1 Å². The number of hydrogen-bond acceptors (Lipinski definition) is 7. The third kappa shape index (κ3) is 5.93. The Bertz CT molecular complexity index is 594. The van der Waals surface area contributed by atoms with E-state index >= 15 is 0 Å². The second-order valence-electron chi connectivity index (χ2n) is 5.46. The Labute approximate surface area is 134 Å². The van der Waals surface area contributed by atoms with E-state index in [2.05, 4.69) is 4.98 Å². The molecule has 126 valence electrons. The number of nitrogens with zero attached hydrogens (tertiary/aromatic N) is 2. The summed E-state index contributed by atoms with van der Waals surface area (Å²) in [5, 5.41) is 0.594. The van der Waals surface area contributed by atoms with E-state index in [1.807, 2.05) is 0 Å². The summed E-state index contributed by atoms with van der Waals surface area (Å²) in [6, 6.07) is 4.30. The Morgan fingerprint density at radius 1 is 1.22 bits per heavy atom. The quantitative estimate of drug-likeness (QED) is 0.622. The average molecular weight is 324 g/mol. The van der Waals surface area contributed by atoms with Crippen molar-refractivity contribution in [2.24, 2.45) is 0 Å². The van der Waals surface area contributed by atoms with Crippen LogP contribution in [0, 0.1) is 0 Å². The third-order valence-electron chi connectivity index (χ3n) is 2.21. The molecule has 1 amide bonds. The SMILES string of the molecule is CCOC(=O)c1cccc(N(OC(C)=O)C(=O)OC(C)(C)C)n1. The molecule has 0 aliphatic carbocycles. The second kappa shape index (κ2) is 7.57. The summed E-state index contributed by atoms with van der Waals surface area (Å²) in [6.45, 7) is 7.97. The van der Waals surface area contributed by atoms with Gasteiger partial charge in [-0.2, -0.15) is 0 Å². The minimum atomic E-state index is -0.929. The topological polar surface area (TPSA) is 95.0 Å². The highest BCUT2D eigenvalue weighted by Gasteiger charge is 2.28.